The van der Waals surface area contributed by atoms with Crippen molar-refractivity contribution in [1.82, 2.24) is 5.32 Å². The van der Waals surface area contributed by atoms with Gasteiger partial charge in [-0.2, -0.15) is 0 Å². The molecule has 1 aliphatic heterocycles. The Kier molecular flexibility index (Phi) is 8.41. The van der Waals surface area contributed by atoms with Crippen molar-refractivity contribution < 1.29 is 19.5 Å². The summed E-state index contributed by atoms with van der Waals surface area (Å²) in [4.78, 5) is 12.8. The highest BCUT2D eigenvalue weighted by Crippen LogP contribution is 2.68. The van der Waals surface area contributed by atoms with Crippen molar-refractivity contribution in [3.05, 3.63) is 12.7 Å². The molecule has 10 atom stereocenters. The van der Waals surface area contributed by atoms with Crippen LogP contribution in [0.1, 0.15) is 97.8 Å². The van der Waals surface area contributed by atoms with E-state index in [0.29, 0.717) is 36.0 Å². The van der Waals surface area contributed by atoms with Crippen LogP contribution in [0.4, 0.5) is 0 Å². The fourth-order valence-corrected chi connectivity index (χ4v) is 11.0. The van der Waals surface area contributed by atoms with Gasteiger partial charge in [-0.25, -0.2) is 0 Å². The fraction of sp³-hybridized carbons (Fsp3) is 0.909. The Morgan fingerprint density at radius 1 is 1.08 bits per heavy atom. The summed E-state index contributed by atoms with van der Waals surface area (Å²) in [5.74, 6) is 3.70. The molecule has 5 aliphatic rings. The summed E-state index contributed by atoms with van der Waals surface area (Å²) >= 11 is 0. The zero-order valence-electron chi connectivity index (χ0n) is 24.7. The van der Waals surface area contributed by atoms with Crippen LogP contribution in [0.25, 0.3) is 0 Å². The first-order valence-electron chi connectivity index (χ1n) is 16.2. The third-order valence-corrected chi connectivity index (χ3v) is 13.3. The van der Waals surface area contributed by atoms with E-state index in [1.807, 2.05) is 6.08 Å². The normalized spacial score (nSPS) is 44.5. The van der Waals surface area contributed by atoms with Crippen molar-refractivity contribution in [3.63, 3.8) is 0 Å². The van der Waals surface area contributed by atoms with E-state index in [4.69, 9.17) is 0 Å². The lowest BCUT2D eigenvalue weighted by Crippen LogP contribution is -2.58. The quantitative estimate of drug-likeness (QED) is 0.280. The SMILES string of the molecule is C=CC[N+]1(CCNC(=O)CCC(C)[C@H]2CCC3C4CCC5C[C@H](O)CC[C@]5(C)C4C[C@H](O)[C@@]32C)CCCC1. The van der Waals surface area contributed by atoms with Crippen molar-refractivity contribution in [1.29, 1.82) is 0 Å². The van der Waals surface area contributed by atoms with E-state index in [0.717, 1.165) is 62.1 Å². The molecular formula is C33H57N2O3+. The van der Waals surface area contributed by atoms with Gasteiger partial charge in [0.2, 0.25) is 5.91 Å². The first kappa shape index (κ1) is 28.6. The van der Waals surface area contributed by atoms with Crippen LogP contribution >= 0.6 is 0 Å². The molecule has 3 N–H and O–H groups in total. The summed E-state index contributed by atoms with van der Waals surface area (Å²) in [7, 11) is 0. The van der Waals surface area contributed by atoms with Gasteiger partial charge in [0.05, 0.1) is 44.9 Å². The van der Waals surface area contributed by atoms with Crippen LogP contribution in [-0.2, 0) is 4.79 Å². The second kappa shape index (κ2) is 11.2. The van der Waals surface area contributed by atoms with Crippen molar-refractivity contribution in [2.45, 2.75) is 110 Å². The Morgan fingerprint density at radius 3 is 2.58 bits per heavy atom. The summed E-state index contributed by atoms with van der Waals surface area (Å²) in [5.41, 5.74) is 0.263. The van der Waals surface area contributed by atoms with E-state index in [1.54, 1.807) is 0 Å². The second-order valence-corrected chi connectivity index (χ2v) is 14.9. The fourth-order valence-electron chi connectivity index (χ4n) is 11.0. The topological polar surface area (TPSA) is 69.6 Å². The molecule has 0 aromatic carbocycles. The summed E-state index contributed by atoms with van der Waals surface area (Å²) in [6.45, 7) is 16.4. The molecule has 5 unspecified atom stereocenters. The molecule has 4 saturated carbocycles. The number of hydrogen-bond acceptors (Lipinski definition) is 3. The molecule has 5 heteroatoms. The van der Waals surface area contributed by atoms with Gasteiger partial charge in [0.1, 0.15) is 0 Å². The van der Waals surface area contributed by atoms with Gasteiger partial charge in [-0.15, -0.1) is 0 Å². The molecule has 5 fully saturated rings. The number of aliphatic hydroxyl groups is 2. The number of likely N-dealkylation sites (tertiary alicyclic amines) is 1. The van der Waals surface area contributed by atoms with E-state index in [1.165, 1.54) is 51.6 Å². The number of fused-ring (bicyclic) bond motifs is 5. The molecule has 0 bridgehead atoms. The van der Waals surface area contributed by atoms with Gasteiger partial charge in [-0.05, 0) is 110 Å². The van der Waals surface area contributed by atoms with Crippen LogP contribution in [-0.4, -0.2) is 65.5 Å². The summed E-state index contributed by atoms with van der Waals surface area (Å²) < 4.78 is 1.09. The average Bonchev–Trinajstić information content (AvgIpc) is 3.49. The largest absolute Gasteiger partial charge is 0.393 e. The van der Waals surface area contributed by atoms with Crippen molar-refractivity contribution in [2.75, 3.05) is 32.7 Å². The van der Waals surface area contributed by atoms with E-state index < -0.39 is 0 Å². The van der Waals surface area contributed by atoms with Gasteiger partial charge in [-0.3, -0.25) is 4.79 Å². The van der Waals surface area contributed by atoms with Gasteiger partial charge in [0, 0.05) is 19.3 Å². The molecule has 5 nitrogen and oxygen atoms in total. The Hall–Kier alpha value is -0.910. The maximum Gasteiger partial charge on any atom is 0.220 e. The first-order valence-corrected chi connectivity index (χ1v) is 16.2. The molecule has 5 rings (SSSR count). The number of aliphatic hydroxyl groups excluding tert-OH is 2. The zero-order valence-corrected chi connectivity index (χ0v) is 24.7. The van der Waals surface area contributed by atoms with Crippen LogP contribution in [0.15, 0.2) is 12.7 Å². The molecule has 1 amide bonds. The molecule has 0 spiro atoms. The lowest BCUT2D eigenvalue weighted by molar-refractivity contribution is -0.910. The molecule has 1 saturated heterocycles. The third-order valence-electron chi connectivity index (χ3n) is 13.3. The van der Waals surface area contributed by atoms with Gasteiger partial charge < -0.3 is 20.0 Å². The van der Waals surface area contributed by atoms with Gasteiger partial charge in [0.25, 0.3) is 0 Å². The van der Waals surface area contributed by atoms with Gasteiger partial charge in [-0.1, -0.05) is 27.4 Å². The highest BCUT2D eigenvalue weighted by Gasteiger charge is 2.63. The summed E-state index contributed by atoms with van der Waals surface area (Å²) in [6, 6.07) is 0. The number of quaternary nitrogens is 1. The molecule has 216 valence electrons. The van der Waals surface area contributed by atoms with Crippen molar-refractivity contribution in [2.24, 2.45) is 46.3 Å². The number of hydrogen-bond donors (Lipinski definition) is 3. The minimum atomic E-state index is -0.245. The van der Waals surface area contributed by atoms with Crippen molar-refractivity contribution in [3.8, 4) is 0 Å². The van der Waals surface area contributed by atoms with E-state index in [2.05, 4.69) is 32.7 Å². The van der Waals surface area contributed by atoms with Crippen LogP contribution in [0, 0.1) is 46.3 Å². The minimum Gasteiger partial charge on any atom is -0.393 e. The Bertz CT molecular complexity index is 855. The summed E-state index contributed by atoms with van der Waals surface area (Å²) in [5, 5.41) is 25.3. The number of carbonyl (C=O) groups excluding carboxylic acids is 1. The zero-order chi connectivity index (χ0) is 27.1. The Balaban J connectivity index is 1.16. The predicted molar refractivity (Wildman–Crippen MR) is 153 cm³/mol. The minimum absolute atomic E-state index is 0.0224. The smallest absolute Gasteiger partial charge is 0.220 e. The standard InChI is InChI=1S/C33H56N2O3/c1-5-17-35(18-6-7-19-35)20-16-34-31(38)13-8-23(2)27-11-12-28-26-10-9-24-21-25(36)14-15-32(24,3)29(26)22-30(37)33(27,28)4/h5,23-30,36-37H,1,6-22H2,2-4H3/p+1/t23?,24?,25-,26?,27-,28?,29?,30+,32+,33-/m1/s1. The van der Waals surface area contributed by atoms with Crippen LogP contribution in [0.2, 0.25) is 0 Å². The average molecular weight is 530 g/mol. The van der Waals surface area contributed by atoms with E-state index in [-0.39, 0.29) is 28.9 Å². The third kappa shape index (κ3) is 5.02. The van der Waals surface area contributed by atoms with E-state index in [9.17, 15) is 15.0 Å². The maximum absolute atomic E-state index is 12.8. The van der Waals surface area contributed by atoms with Gasteiger partial charge >= 0.3 is 0 Å². The number of nitrogens with zero attached hydrogens (tertiary/aromatic N) is 1. The second-order valence-electron chi connectivity index (χ2n) is 14.9. The monoisotopic (exact) mass is 529 g/mol. The lowest BCUT2D eigenvalue weighted by Gasteiger charge is -2.62. The predicted octanol–water partition coefficient (Wildman–Crippen LogP) is 5.31. The Morgan fingerprint density at radius 2 is 1.84 bits per heavy atom. The summed E-state index contributed by atoms with van der Waals surface area (Å²) in [6.07, 6.45) is 14.7. The number of amides is 1. The number of rotatable bonds is 9. The molecule has 0 aromatic rings. The van der Waals surface area contributed by atoms with Crippen LogP contribution < -0.4 is 5.32 Å². The highest BCUT2D eigenvalue weighted by atomic mass is 16.3. The van der Waals surface area contributed by atoms with Gasteiger partial charge in [0.15, 0.2) is 0 Å². The van der Waals surface area contributed by atoms with E-state index >= 15 is 0 Å². The van der Waals surface area contributed by atoms with Crippen molar-refractivity contribution >= 4 is 5.91 Å². The Labute approximate surface area is 232 Å². The molecule has 0 aromatic heterocycles. The maximum atomic E-state index is 12.8. The van der Waals surface area contributed by atoms with Crippen LogP contribution in [0.3, 0.4) is 0 Å². The number of carbonyl (C=O) groups is 1. The molecule has 1 heterocycles. The van der Waals surface area contributed by atoms with Crippen LogP contribution in [0.5, 0.6) is 0 Å². The molecule has 0 radical (unpaired) electrons. The first-order chi connectivity index (χ1) is 18.1. The molecule has 4 aliphatic carbocycles. The highest BCUT2D eigenvalue weighted by molar-refractivity contribution is 5.75. The lowest BCUT2D eigenvalue weighted by atomic mass is 9.43. The number of nitrogens with one attached hydrogen (secondary N) is 1. The molecule has 38 heavy (non-hydrogen) atoms. The molecular weight excluding hydrogens is 472 g/mol.